The van der Waals surface area contributed by atoms with Gasteiger partial charge in [0.25, 0.3) is 0 Å². The van der Waals surface area contributed by atoms with Gasteiger partial charge >= 0.3 is 6.09 Å². The molecule has 7 heteroatoms. The monoisotopic (exact) mass is 420 g/mol. The number of nitrogens with one attached hydrogen (secondary N) is 3. The van der Waals surface area contributed by atoms with Crippen LogP contribution < -0.4 is 10.6 Å². The summed E-state index contributed by atoms with van der Waals surface area (Å²) >= 11 is 0. The molecule has 0 aliphatic carbocycles. The topological polar surface area (TPSA) is 96.1 Å². The highest BCUT2D eigenvalue weighted by Gasteiger charge is 2.18. The van der Waals surface area contributed by atoms with E-state index < -0.39 is 11.7 Å². The predicted octanol–water partition coefficient (Wildman–Crippen LogP) is 3.83. The smallest absolute Gasteiger partial charge is 0.407 e. The molecular formula is C24H28N4O3. The van der Waals surface area contributed by atoms with Crippen LogP contribution in [-0.4, -0.2) is 40.2 Å². The van der Waals surface area contributed by atoms with E-state index in [1.807, 2.05) is 48.7 Å². The van der Waals surface area contributed by atoms with Crippen molar-refractivity contribution in [3.63, 3.8) is 0 Å². The third-order valence-corrected chi connectivity index (χ3v) is 4.46. The number of aromatic nitrogens is 2. The van der Waals surface area contributed by atoms with Gasteiger partial charge in [0.1, 0.15) is 11.2 Å². The quantitative estimate of drug-likeness (QED) is 0.506. The van der Waals surface area contributed by atoms with Crippen LogP contribution in [0.5, 0.6) is 0 Å². The average molecular weight is 421 g/mol. The molecule has 0 fully saturated rings. The fourth-order valence-corrected chi connectivity index (χ4v) is 3.12. The molecule has 2 amide bonds. The number of pyridine rings is 1. The fourth-order valence-electron chi connectivity index (χ4n) is 3.12. The van der Waals surface area contributed by atoms with Crippen LogP contribution in [0.25, 0.3) is 17.1 Å². The van der Waals surface area contributed by atoms with E-state index in [0.29, 0.717) is 6.42 Å². The number of carbonyl (C=O) groups excluding carboxylic acids is 2. The van der Waals surface area contributed by atoms with E-state index in [4.69, 9.17) is 4.74 Å². The first-order valence-corrected chi connectivity index (χ1v) is 10.2. The van der Waals surface area contributed by atoms with Crippen molar-refractivity contribution in [1.82, 2.24) is 20.6 Å². The molecule has 1 unspecified atom stereocenters. The minimum atomic E-state index is -0.584. The van der Waals surface area contributed by atoms with E-state index in [1.54, 1.807) is 33.0 Å². The Labute approximate surface area is 181 Å². The Morgan fingerprint density at radius 2 is 1.94 bits per heavy atom. The van der Waals surface area contributed by atoms with Gasteiger partial charge in [0, 0.05) is 36.0 Å². The Kier molecular flexibility index (Phi) is 7.07. The van der Waals surface area contributed by atoms with Crippen LogP contribution in [0.4, 0.5) is 4.79 Å². The van der Waals surface area contributed by atoms with Crippen LogP contribution in [0.15, 0.2) is 60.9 Å². The number of hydrogen-bond acceptors (Lipinski definition) is 4. The van der Waals surface area contributed by atoms with Crippen molar-refractivity contribution in [2.24, 2.45) is 0 Å². The van der Waals surface area contributed by atoms with Crippen molar-refractivity contribution >= 4 is 29.1 Å². The highest BCUT2D eigenvalue weighted by Crippen LogP contribution is 2.16. The Hall–Kier alpha value is -3.61. The standard InChI is InChI=1S/C24H28N4O3/c1-24(2,3)31-23(30)27-16-19(14-17-8-5-4-6-9-17)28-21(29)12-11-18-15-26-22-20(18)10-7-13-25-22/h4-13,15,19H,14,16H2,1-3H3,(H,25,26)(H,27,30)(H,28,29). The summed E-state index contributed by atoms with van der Waals surface area (Å²) < 4.78 is 5.29. The number of nitrogens with zero attached hydrogens (tertiary/aromatic N) is 1. The summed E-state index contributed by atoms with van der Waals surface area (Å²) in [5, 5.41) is 6.66. The number of ether oxygens (including phenoxy) is 1. The lowest BCUT2D eigenvalue weighted by Gasteiger charge is -2.22. The number of amides is 2. The van der Waals surface area contributed by atoms with E-state index in [0.717, 1.165) is 22.2 Å². The minimum absolute atomic E-state index is 0.245. The molecule has 0 aliphatic heterocycles. The number of benzene rings is 1. The molecule has 2 aromatic heterocycles. The number of H-pyrrole nitrogens is 1. The van der Waals surface area contributed by atoms with Gasteiger partial charge in [-0.2, -0.15) is 0 Å². The zero-order valence-electron chi connectivity index (χ0n) is 18.0. The molecule has 1 aromatic carbocycles. The molecule has 2 heterocycles. The van der Waals surface area contributed by atoms with Crippen LogP contribution in [0.1, 0.15) is 31.9 Å². The number of alkyl carbamates (subject to hydrolysis) is 1. The molecule has 7 nitrogen and oxygen atoms in total. The van der Waals surface area contributed by atoms with Crippen molar-refractivity contribution in [2.45, 2.75) is 38.8 Å². The van der Waals surface area contributed by atoms with Crippen molar-refractivity contribution in [3.05, 3.63) is 72.1 Å². The number of carbonyl (C=O) groups is 2. The van der Waals surface area contributed by atoms with E-state index in [-0.39, 0.29) is 18.5 Å². The molecule has 3 rings (SSSR count). The van der Waals surface area contributed by atoms with E-state index in [9.17, 15) is 9.59 Å². The summed E-state index contributed by atoms with van der Waals surface area (Å²) in [7, 11) is 0. The largest absolute Gasteiger partial charge is 0.444 e. The van der Waals surface area contributed by atoms with Crippen molar-refractivity contribution < 1.29 is 14.3 Å². The lowest BCUT2D eigenvalue weighted by atomic mass is 10.1. The first-order chi connectivity index (χ1) is 14.8. The molecule has 162 valence electrons. The molecule has 0 radical (unpaired) electrons. The van der Waals surface area contributed by atoms with Gasteiger partial charge in [-0.1, -0.05) is 30.3 Å². The van der Waals surface area contributed by atoms with Gasteiger partial charge in [0.2, 0.25) is 5.91 Å². The second kappa shape index (κ2) is 9.93. The Bertz CT molecular complexity index is 1050. The second-order valence-corrected chi connectivity index (χ2v) is 8.25. The minimum Gasteiger partial charge on any atom is -0.444 e. The highest BCUT2D eigenvalue weighted by molar-refractivity contribution is 5.95. The summed E-state index contributed by atoms with van der Waals surface area (Å²) in [5.74, 6) is -0.245. The molecule has 0 saturated heterocycles. The summed E-state index contributed by atoms with van der Waals surface area (Å²) in [6.45, 7) is 5.67. The van der Waals surface area contributed by atoms with E-state index >= 15 is 0 Å². The van der Waals surface area contributed by atoms with Crippen LogP contribution >= 0.6 is 0 Å². The Balaban J connectivity index is 1.65. The third-order valence-electron chi connectivity index (χ3n) is 4.46. The number of fused-ring (bicyclic) bond motifs is 1. The van der Waals surface area contributed by atoms with Gasteiger partial charge < -0.3 is 20.4 Å². The molecule has 1 atom stereocenters. The van der Waals surface area contributed by atoms with Crippen LogP contribution in [0.2, 0.25) is 0 Å². The van der Waals surface area contributed by atoms with Crippen molar-refractivity contribution in [3.8, 4) is 0 Å². The Morgan fingerprint density at radius 1 is 1.16 bits per heavy atom. The number of aromatic amines is 1. The second-order valence-electron chi connectivity index (χ2n) is 8.25. The molecule has 0 aliphatic rings. The number of rotatable bonds is 7. The molecule has 0 spiro atoms. The van der Waals surface area contributed by atoms with Gasteiger partial charge in [-0.05, 0) is 51.0 Å². The Morgan fingerprint density at radius 3 is 2.68 bits per heavy atom. The summed E-state index contributed by atoms with van der Waals surface area (Å²) in [4.78, 5) is 31.9. The first-order valence-electron chi connectivity index (χ1n) is 10.2. The van der Waals surface area contributed by atoms with Crippen molar-refractivity contribution in [1.29, 1.82) is 0 Å². The van der Waals surface area contributed by atoms with Crippen LogP contribution in [0.3, 0.4) is 0 Å². The lowest BCUT2D eigenvalue weighted by molar-refractivity contribution is -0.117. The molecule has 3 N–H and O–H groups in total. The molecule has 0 saturated carbocycles. The van der Waals surface area contributed by atoms with Gasteiger partial charge in [0.05, 0.1) is 6.04 Å². The van der Waals surface area contributed by atoms with Gasteiger partial charge in [-0.15, -0.1) is 0 Å². The SMILES string of the molecule is CC(C)(C)OC(=O)NCC(Cc1ccccc1)NC(=O)C=Cc1c[nH]c2ncccc12. The lowest BCUT2D eigenvalue weighted by Crippen LogP contribution is -2.45. The maximum absolute atomic E-state index is 12.6. The van der Waals surface area contributed by atoms with Crippen molar-refractivity contribution in [2.75, 3.05) is 6.54 Å². The molecular weight excluding hydrogens is 392 g/mol. The summed E-state index contributed by atoms with van der Waals surface area (Å²) in [5.41, 5.74) is 2.13. The van der Waals surface area contributed by atoms with Gasteiger partial charge in [0.15, 0.2) is 0 Å². The summed E-state index contributed by atoms with van der Waals surface area (Å²) in [6.07, 6.45) is 6.82. The molecule has 31 heavy (non-hydrogen) atoms. The average Bonchev–Trinajstić information content (AvgIpc) is 3.13. The normalized spacial score (nSPS) is 12.6. The zero-order valence-corrected chi connectivity index (χ0v) is 18.0. The zero-order chi connectivity index (χ0) is 22.3. The summed E-state index contributed by atoms with van der Waals surface area (Å²) in [6, 6.07) is 13.3. The third kappa shape index (κ3) is 6.99. The van der Waals surface area contributed by atoms with Gasteiger partial charge in [-0.3, -0.25) is 4.79 Å². The van der Waals surface area contributed by atoms with E-state index in [1.165, 1.54) is 6.08 Å². The first kappa shape index (κ1) is 22.1. The fraction of sp³-hybridized carbons (Fsp3) is 0.292. The molecule has 0 bridgehead atoms. The van der Waals surface area contributed by atoms with Gasteiger partial charge in [-0.25, -0.2) is 9.78 Å². The number of hydrogen-bond donors (Lipinski definition) is 3. The van der Waals surface area contributed by atoms with Crippen LogP contribution in [-0.2, 0) is 16.0 Å². The maximum Gasteiger partial charge on any atom is 0.407 e. The van der Waals surface area contributed by atoms with E-state index in [2.05, 4.69) is 20.6 Å². The highest BCUT2D eigenvalue weighted by atomic mass is 16.6. The van der Waals surface area contributed by atoms with Crippen LogP contribution in [0, 0.1) is 0 Å². The predicted molar refractivity (Wildman–Crippen MR) is 121 cm³/mol. The maximum atomic E-state index is 12.6. The molecule has 3 aromatic rings.